The minimum atomic E-state index is -3.15. The number of nitrogens with zero attached hydrogens (tertiary/aromatic N) is 2. The molecule has 0 spiro atoms. The fourth-order valence-electron chi connectivity index (χ4n) is 1.28. The molecular weight excluding hydrogens is 218 g/mol. The van der Waals surface area contributed by atoms with Crippen LogP contribution in [0.25, 0.3) is 5.76 Å². The fourth-order valence-corrected chi connectivity index (χ4v) is 1.28. The van der Waals surface area contributed by atoms with E-state index in [0.717, 1.165) is 0 Å². The van der Waals surface area contributed by atoms with Crippen LogP contribution in [0.3, 0.4) is 0 Å². The maximum Gasteiger partial charge on any atom is 0.299 e. The predicted molar refractivity (Wildman–Crippen MR) is 51.6 cm³/mol. The van der Waals surface area contributed by atoms with Crippen molar-refractivity contribution in [1.29, 1.82) is 0 Å². The van der Waals surface area contributed by atoms with E-state index in [0.29, 0.717) is 18.3 Å². The van der Waals surface area contributed by atoms with E-state index in [1.807, 2.05) is 6.92 Å². The van der Waals surface area contributed by atoms with Crippen molar-refractivity contribution in [3.8, 4) is 0 Å². The number of hydrogen-bond donors (Lipinski definition) is 0. The quantitative estimate of drug-likeness (QED) is 0.565. The summed E-state index contributed by atoms with van der Waals surface area (Å²) in [6, 6.07) is 0. The van der Waals surface area contributed by atoms with E-state index in [-0.39, 0.29) is 5.56 Å². The fraction of sp³-hybridized carbons (Fsp3) is 0.400. The number of carbonyl (C=O) groups excluding carboxylic acids is 1. The lowest BCUT2D eigenvalue weighted by Gasteiger charge is -2.11. The zero-order valence-electron chi connectivity index (χ0n) is 8.91. The normalized spacial score (nSPS) is 12.2. The summed E-state index contributed by atoms with van der Waals surface area (Å²) in [5.41, 5.74) is 0.738. The van der Waals surface area contributed by atoms with Gasteiger partial charge in [-0.1, -0.05) is 5.76 Å². The Kier molecular flexibility index (Phi) is 3.76. The first-order valence-corrected chi connectivity index (χ1v) is 4.70. The summed E-state index contributed by atoms with van der Waals surface area (Å²) < 4.78 is 25.4. The molecule has 0 N–H and O–H groups in total. The van der Waals surface area contributed by atoms with Crippen LogP contribution in [-0.4, -0.2) is 22.0 Å². The topological polar surface area (TPSA) is 57.9 Å². The van der Waals surface area contributed by atoms with Crippen LogP contribution in [0.15, 0.2) is 12.3 Å². The molecule has 16 heavy (non-hydrogen) atoms. The maximum absolute atomic E-state index is 11.9. The third-order valence-corrected chi connectivity index (χ3v) is 2.16. The molecule has 0 unspecified atom stereocenters. The third kappa shape index (κ3) is 2.44. The summed E-state index contributed by atoms with van der Waals surface area (Å²) in [4.78, 5) is 10.7. The maximum atomic E-state index is 11.9. The summed E-state index contributed by atoms with van der Waals surface area (Å²) in [6.45, 7) is 4.05. The molecule has 0 atom stereocenters. The number of aromatic nitrogens is 2. The summed E-state index contributed by atoms with van der Waals surface area (Å²) in [5, 5.41) is 15.3. The SMILES string of the molecule is CCn1ncc(C([O-])=CC(=O)C(F)F)c1C. The van der Waals surface area contributed by atoms with Crippen molar-refractivity contribution < 1.29 is 18.7 Å². The molecular formula is C10H11F2N2O2-. The summed E-state index contributed by atoms with van der Waals surface area (Å²) in [5.74, 6) is -2.21. The minimum Gasteiger partial charge on any atom is -0.872 e. The van der Waals surface area contributed by atoms with Crippen LogP contribution < -0.4 is 5.11 Å². The van der Waals surface area contributed by atoms with Crippen molar-refractivity contribution in [1.82, 2.24) is 9.78 Å². The molecule has 1 aromatic rings. The zero-order chi connectivity index (χ0) is 12.3. The molecule has 4 nitrogen and oxygen atoms in total. The Balaban J connectivity index is 3.00. The van der Waals surface area contributed by atoms with Gasteiger partial charge in [-0.15, -0.1) is 0 Å². The molecule has 1 rings (SSSR count). The van der Waals surface area contributed by atoms with Gasteiger partial charge in [-0.2, -0.15) is 5.10 Å². The van der Waals surface area contributed by atoms with Gasteiger partial charge in [0.05, 0.1) is 6.20 Å². The lowest BCUT2D eigenvalue weighted by atomic mass is 10.2. The molecule has 0 aliphatic carbocycles. The monoisotopic (exact) mass is 229 g/mol. The molecule has 88 valence electrons. The van der Waals surface area contributed by atoms with E-state index in [1.165, 1.54) is 6.20 Å². The molecule has 0 radical (unpaired) electrons. The summed E-state index contributed by atoms with van der Waals surface area (Å²) in [6.07, 6.45) is -1.46. The minimum absolute atomic E-state index is 0.177. The van der Waals surface area contributed by atoms with E-state index in [1.54, 1.807) is 11.6 Å². The van der Waals surface area contributed by atoms with Gasteiger partial charge in [-0.25, -0.2) is 8.78 Å². The average molecular weight is 229 g/mol. The Hall–Kier alpha value is -1.72. The second-order valence-corrected chi connectivity index (χ2v) is 3.17. The van der Waals surface area contributed by atoms with Crippen LogP contribution in [0.5, 0.6) is 0 Å². The first-order valence-electron chi connectivity index (χ1n) is 4.70. The number of aryl methyl sites for hydroxylation is 1. The lowest BCUT2D eigenvalue weighted by molar-refractivity contribution is -0.244. The molecule has 0 saturated heterocycles. The first kappa shape index (κ1) is 12.4. The van der Waals surface area contributed by atoms with Gasteiger partial charge in [0, 0.05) is 17.8 Å². The lowest BCUT2D eigenvalue weighted by Crippen LogP contribution is -2.12. The highest BCUT2D eigenvalue weighted by atomic mass is 19.3. The number of ketones is 1. The van der Waals surface area contributed by atoms with Crippen LogP contribution in [0, 0.1) is 6.92 Å². The van der Waals surface area contributed by atoms with Crippen LogP contribution >= 0.6 is 0 Å². The van der Waals surface area contributed by atoms with Crippen LogP contribution in [-0.2, 0) is 11.3 Å². The van der Waals surface area contributed by atoms with Crippen LogP contribution in [0.1, 0.15) is 18.2 Å². The molecule has 0 fully saturated rings. The van der Waals surface area contributed by atoms with E-state index >= 15 is 0 Å². The summed E-state index contributed by atoms with van der Waals surface area (Å²) >= 11 is 0. The van der Waals surface area contributed by atoms with Gasteiger partial charge in [-0.05, 0) is 19.9 Å². The van der Waals surface area contributed by atoms with Crippen LogP contribution in [0.4, 0.5) is 8.78 Å². The highest BCUT2D eigenvalue weighted by molar-refractivity contribution is 5.97. The number of carbonyl (C=O) groups is 1. The number of hydrogen-bond acceptors (Lipinski definition) is 3. The molecule has 0 bridgehead atoms. The van der Waals surface area contributed by atoms with Crippen molar-refractivity contribution in [3.63, 3.8) is 0 Å². The molecule has 6 heteroatoms. The molecule has 0 saturated carbocycles. The van der Waals surface area contributed by atoms with Gasteiger partial charge >= 0.3 is 0 Å². The molecule has 0 aromatic carbocycles. The number of halogens is 2. The van der Waals surface area contributed by atoms with Crippen molar-refractivity contribution >= 4 is 11.5 Å². The Morgan fingerprint density at radius 3 is 2.75 bits per heavy atom. The molecule has 0 aliphatic rings. The number of alkyl halides is 2. The van der Waals surface area contributed by atoms with E-state index in [2.05, 4.69) is 5.10 Å². The van der Waals surface area contributed by atoms with Crippen molar-refractivity contribution in [3.05, 3.63) is 23.5 Å². The Morgan fingerprint density at radius 2 is 2.31 bits per heavy atom. The van der Waals surface area contributed by atoms with Gasteiger partial charge in [0.25, 0.3) is 6.43 Å². The second kappa shape index (κ2) is 4.87. The standard InChI is InChI=1S/C10H12F2N2O2/c1-3-14-6(2)7(5-13-14)8(15)4-9(16)10(11)12/h4-5,10,15H,3H2,1-2H3/p-1. The van der Waals surface area contributed by atoms with Crippen molar-refractivity contribution in [2.24, 2.45) is 0 Å². The Labute approximate surface area is 91.2 Å². The zero-order valence-corrected chi connectivity index (χ0v) is 8.91. The number of allylic oxidation sites excluding steroid dienone is 1. The Bertz CT molecular complexity index is 424. The van der Waals surface area contributed by atoms with Crippen molar-refractivity contribution in [2.45, 2.75) is 26.8 Å². The molecule has 0 amide bonds. The summed E-state index contributed by atoms with van der Waals surface area (Å²) in [7, 11) is 0. The number of rotatable bonds is 4. The first-order chi connectivity index (χ1) is 7.47. The highest BCUT2D eigenvalue weighted by Gasteiger charge is 2.12. The van der Waals surface area contributed by atoms with Gasteiger partial charge in [0.2, 0.25) is 5.78 Å². The molecule has 1 aromatic heterocycles. The molecule has 0 aliphatic heterocycles. The van der Waals surface area contributed by atoms with Crippen molar-refractivity contribution in [2.75, 3.05) is 0 Å². The van der Waals surface area contributed by atoms with Crippen LogP contribution in [0.2, 0.25) is 0 Å². The van der Waals surface area contributed by atoms with E-state index in [4.69, 9.17) is 0 Å². The third-order valence-electron chi connectivity index (χ3n) is 2.16. The predicted octanol–water partition coefficient (Wildman–Crippen LogP) is 0.747. The largest absolute Gasteiger partial charge is 0.872 e. The second-order valence-electron chi connectivity index (χ2n) is 3.17. The molecule has 1 heterocycles. The smallest absolute Gasteiger partial charge is 0.299 e. The van der Waals surface area contributed by atoms with Gasteiger partial charge in [0.1, 0.15) is 0 Å². The van der Waals surface area contributed by atoms with E-state index in [9.17, 15) is 18.7 Å². The van der Waals surface area contributed by atoms with Gasteiger partial charge in [-0.3, -0.25) is 9.48 Å². The average Bonchev–Trinajstić information content (AvgIpc) is 2.59. The highest BCUT2D eigenvalue weighted by Crippen LogP contribution is 2.14. The van der Waals surface area contributed by atoms with Gasteiger partial charge in [0.15, 0.2) is 0 Å². The van der Waals surface area contributed by atoms with E-state index < -0.39 is 18.0 Å². The van der Waals surface area contributed by atoms with Gasteiger partial charge < -0.3 is 5.11 Å². The Morgan fingerprint density at radius 1 is 1.69 bits per heavy atom.